The van der Waals surface area contributed by atoms with Crippen LogP contribution in [0.1, 0.15) is 30.2 Å². The van der Waals surface area contributed by atoms with Gasteiger partial charge in [-0.1, -0.05) is 0 Å². The second-order valence-corrected chi connectivity index (χ2v) is 5.12. The fourth-order valence-corrected chi connectivity index (χ4v) is 2.77. The van der Waals surface area contributed by atoms with E-state index in [4.69, 9.17) is 9.15 Å². The predicted molar refractivity (Wildman–Crippen MR) is 76.0 cm³/mol. The molecule has 1 N–H and O–H groups in total. The Balaban J connectivity index is 2.07. The lowest BCUT2D eigenvalue weighted by Gasteiger charge is -2.21. The number of benzene rings is 1. The molecule has 4 heteroatoms. The minimum atomic E-state index is -0.242. The Bertz CT molecular complexity index is 660. The molecule has 0 amide bonds. The van der Waals surface area contributed by atoms with E-state index in [0.29, 0.717) is 0 Å². The smallest absolute Gasteiger partial charge is 0.134 e. The van der Waals surface area contributed by atoms with Crippen LogP contribution in [0, 0.1) is 12.7 Å². The quantitative estimate of drug-likeness (QED) is 0.924. The summed E-state index contributed by atoms with van der Waals surface area (Å²) in [5.41, 5.74) is 2.86. The molecule has 0 radical (unpaired) electrons. The molecule has 1 unspecified atom stereocenters. The largest absolute Gasteiger partial charge is 0.501 e. The van der Waals surface area contributed by atoms with Crippen LogP contribution < -0.4 is 5.32 Å². The van der Waals surface area contributed by atoms with Gasteiger partial charge in [0.05, 0.1) is 18.9 Å². The first-order valence-corrected chi connectivity index (χ1v) is 6.87. The molecule has 0 bridgehead atoms. The maximum Gasteiger partial charge on any atom is 0.134 e. The number of furan rings is 1. The Morgan fingerprint density at radius 2 is 2.20 bits per heavy atom. The summed E-state index contributed by atoms with van der Waals surface area (Å²) in [6.07, 6.45) is 3.81. The van der Waals surface area contributed by atoms with Crippen LogP contribution in [-0.4, -0.2) is 13.7 Å². The third-order valence-corrected chi connectivity index (χ3v) is 3.82. The molecular formula is C16H18FNO2. The van der Waals surface area contributed by atoms with E-state index in [1.54, 1.807) is 6.07 Å². The molecule has 1 aliphatic rings. The predicted octanol–water partition coefficient (Wildman–Crippen LogP) is 3.84. The standard InChI is InChI=1S/C16H18FNO2/c1-10-13-8-12(17)5-6-14(13)20-16(10)15(18-2)11-4-3-7-19-9-11/h5-6,8-9,15,18H,3-4,7H2,1-2H3. The highest BCUT2D eigenvalue weighted by molar-refractivity contribution is 5.82. The van der Waals surface area contributed by atoms with Crippen LogP contribution in [0.15, 0.2) is 34.5 Å². The molecule has 1 aromatic heterocycles. The lowest BCUT2D eigenvalue weighted by molar-refractivity contribution is 0.218. The number of aryl methyl sites for hydroxylation is 1. The number of halogens is 1. The van der Waals surface area contributed by atoms with Gasteiger partial charge in [-0.15, -0.1) is 0 Å². The lowest BCUT2D eigenvalue weighted by Crippen LogP contribution is -2.21. The summed E-state index contributed by atoms with van der Waals surface area (Å²) in [7, 11) is 1.90. The van der Waals surface area contributed by atoms with Crippen molar-refractivity contribution in [3.05, 3.63) is 47.2 Å². The van der Waals surface area contributed by atoms with Crippen LogP contribution in [0.4, 0.5) is 4.39 Å². The van der Waals surface area contributed by atoms with E-state index in [2.05, 4.69) is 5.32 Å². The Kier molecular flexibility index (Phi) is 3.49. The normalized spacial score (nSPS) is 16.9. The van der Waals surface area contributed by atoms with E-state index in [1.165, 1.54) is 17.7 Å². The van der Waals surface area contributed by atoms with Crippen LogP contribution in [0.5, 0.6) is 0 Å². The molecule has 0 spiro atoms. The molecule has 0 aliphatic carbocycles. The molecule has 1 atom stereocenters. The van der Waals surface area contributed by atoms with Crippen molar-refractivity contribution in [2.24, 2.45) is 0 Å². The van der Waals surface area contributed by atoms with Gasteiger partial charge in [-0.2, -0.15) is 0 Å². The van der Waals surface area contributed by atoms with Crippen molar-refractivity contribution in [3.63, 3.8) is 0 Å². The van der Waals surface area contributed by atoms with E-state index in [1.807, 2.05) is 20.2 Å². The topological polar surface area (TPSA) is 34.4 Å². The first-order chi connectivity index (χ1) is 9.70. The molecule has 0 fully saturated rings. The van der Waals surface area contributed by atoms with Gasteiger partial charge in [0, 0.05) is 10.9 Å². The van der Waals surface area contributed by atoms with Gasteiger partial charge < -0.3 is 14.5 Å². The van der Waals surface area contributed by atoms with E-state index in [0.717, 1.165) is 41.7 Å². The molecule has 2 aromatic rings. The van der Waals surface area contributed by atoms with Crippen molar-refractivity contribution >= 4 is 11.0 Å². The summed E-state index contributed by atoms with van der Waals surface area (Å²) >= 11 is 0. The van der Waals surface area contributed by atoms with Crippen molar-refractivity contribution in [1.82, 2.24) is 5.32 Å². The number of hydrogen-bond acceptors (Lipinski definition) is 3. The van der Waals surface area contributed by atoms with Gasteiger partial charge in [0.15, 0.2) is 0 Å². The average molecular weight is 275 g/mol. The average Bonchev–Trinajstić information content (AvgIpc) is 2.78. The third-order valence-electron chi connectivity index (χ3n) is 3.82. The van der Waals surface area contributed by atoms with Crippen LogP contribution in [0.25, 0.3) is 11.0 Å². The van der Waals surface area contributed by atoms with Gasteiger partial charge >= 0.3 is 0 Å². The van der Waals surface area contributed by atoms with E-state index in [9.17, 15) is 4.39 Å². The highest BCUT2D eigenvalue weighted by Crippen LogP contribution is 2.35. The molecule has 3 rings (SSSR count). The zero-order valence-electron chi connectivity index (χ0n) is 11.7. The molecule has 3 nitrogen and oxygen atoms in total. The molecule has 2 heterocycles. The van der Waals surface area contributed by atoms with Gasteiger partial charge in [-0.3, -0.25) is 0 Å². The Morgan fingerprint density at radius 3 is 2.90 bits per heavy atom. The highest BCUT2D eigenvalue weighted by Gasteiger charge is 2.24. The number of likely N-dealkylation sites (N-methyl/N-ethyl adjacent to an activating group) is 1. The molecule has 0 saturated heterocycles. The first kappa shape index (κ1) is 13.2. The van der Waals surface area contributed by atoms with E-state index >= 15 is 0 Å². The number of hydrogen-bond donors (Lipinski definition) is 1. The van der Waals surface area contributed by atoms with Crippen molar-refractivity contribution in [1.29, 1.82) is 0 Å². The van der Waals surface area contributed by atoms with Crippen molar-refractivity contribution in [3.8, 4) is 0 Å². The van der Waals surface area contributed by atoms with Gasteiger partial charge in [0.1, 0.15) is 17.2 Å². The molecule has 20 heavy (non-hydrogen) atoms. The minimum absolute atomic E-state index is 0.0224. The molecule has 1 aliphatic heterocycles. The zero-order chi connectivity index (χ0) is 14.1. The van der Waals surface area contributed by atoms with Gasteiger partial charge in [-0.05, 0) is 50.6 Å². The fraction of sp³-hybridized carbons (Fsp3) is 0.375. The number of ether oxygens (including phenoxy) is 1. The fourth-order valence-electron chi connectivity index (χ4n) is 2.77. The molecule has 1 aromatic carbocycles. The Morgan fingerprint density at radius 1 is 1.35 bits per heavy atom. The number of rotatable bonds is 3. The lowest BCUT2D eigenvalue weighted by atomic mass is 9.97. The summed E-state index contributed by atoms with van der Waals surface area (Å²) in [6.45, 7) is 2.74. The first-order valence-electron chi connectivity index (χ1n) is 6.87. The Labute approximate surface area is 117 Å². The third kappa shape index (κ3) is 2.20. The summed E-state index contributed by atoms with van der Waals surface area (Å²) in [5.74, 6) is 0.596. The van der Waals surface area contributed by atoms with Crippen molar-refractivity contribution in [2.45, 2.75) is 25.8 Å². The molecule has 0 saturated carbocycles. The summed E-state index contributed by atoms with van der Waals surface area (Å²) in [6, 6.07) is 4.60. The summed E-state index contributed by atoms with van der Waals surface area (Å²) in [4.78, 5) is 0. The second-order valence-electron chi connectivity index (χ2n) is 5.12. The number of fused-ring (bicyclic) bond motifs is 1. The van der Waals surface area contributed by atoms with Crippen molar-refractivity contribution in [2.75, 3.05) is 13.7 Å². The van der Waals surface area contributed by atoms with Gasteiger partial charge in [0.25, 0.3) is 0 Å². The maximum atomic E-state index is 13.4. The zero-order valence-corrected chi connectivity index (χ0v) is 11.7. The van der Waals surface area contributed by atoms with Gasteiger partial charge in [0.2, 0.25) is 0 Å². The monoisotopic (exact) mass is 275 g/mol. The van der Waals surface area contributed by atoms with E-state index < -0.39 is 0 Å². The van der Waals surface area contributed by atoms with E-state index in [-0.39, 0.29) is 11.9 Å². The summed E-state index contributed by atoms with van der Waals surface area (Å²) < 4.78 is 24.7. The Hall–Kier alpha value is -1.81. The highest BCUT2D eigenvalue weighted by atomic mass is 19.1. The molecule has 106 valence electrons. The van der Waals surface area contributed by atoms with Crippen LogP contribution >= 0.6 is 0 Å². The molecular weight excluding hydrogens is 257 g/mol. The van der Waals surface area contributed by atoms with Crippen LogP contribution in [0.2, 0.25) is 0 Å². The van der Waals surface area contributed by atoms with Crippen molar-refractivity contribution < 1.29 is 13.5 Å². The SMILES string of the molecule is CNC(C1=COCCC1)c1oc2ccc(F)cc2c1C. The number of nitrogens with one attached hydrogen (secondary N) is 1. The van der Waals surface area contributed by atoms with Gasteiger partial charge in [-0.25, -0.2) is 4.39 Å². The second kappa shape index (κ2) is 5.29. The van der Waals surface area contributed by atoms with Crippen LogP contribution in [0.3, 0.4) is 0 Å². The minimum Gasteiger partial charge on any atom is -0.501 e. The maximum absolute atomic E-state index is 13.4. The summed E-state index contributed by atoms with van der Waals surface area (Å²) in [5, 5.41) is 4.10. The van der Waals surface area contributed by atoms with Crippen LogP contribution in [-0.2, 0) is 4.74 Å².